The van der Waals surface area contributed by atoms with Gasteiger partial charge in [0.2, 0.25) is 0 Å². The highest BCUT2D eigenvalue weighted by Gasteiger charge is 2.22. The lowest BCUT2D eigenvalue weighted by atomic mass is 10.1. The molecule has 0 unspecified atom stereocenters. The topological polar surface area (TPSA) is 68.3 Å². The van der Waals surface area contributed by atoms with Crippen LogP contribution < -0.4 is 5.32 Å². The van der Waals surface area contributed by atoms with Crippen LogP contribution >= 0.6 is 34.3 Å². The number of nitrogens with zero attached hydrogens (tertiary/aromatic N) is 1. The van der Waals surface area contributed by atoms with Gasteiger partial charge in [-0.15, -0.1) is 22.7 Å². The van der Waals surface area contributed by atoms with Crippen LogP contribution in [-0.4, -0.2) is 23.0 Å². The molecule has 3 heterocycles. The number of carbonyl (C=O) groups excluding carboxylic acids is 2. The number of hydrogen-bond donors (Lipinski definition) is 1. The minimum atomic E-state index is -0.460. The molecule has 0 radical (unpaired) electrons. The van der Waals surface area contributed by atoms with Crippen LogP contribution in [-0.2, 0) is 11.2 Å². The van der Waals surface area contributed by atoms with Crippen molar-refractivity contribution in [1.29, 1.82) is 0 Å². The number of thiophene rings is 2. The SMILES string of the molecule is CCc1ccc(-c2cc(C(=O)Nc3sc(C)cc3C(=O)OC(C)C)c3cc(Cl)ccc3n2)s1. The molecule has 4 aromatic rings. The van der Waals surface area contributed by atoms with E-state index >= 15 is 0 Å². The van der Waals surface area contributed by atoms with E-state index in [0.29, 0.717) is 32.1 Å². The molecule has 3 aromatic heterocycles. The molecule has 1 aromatic carbocycles. The highest BCUT2D eigenvalue weighted by atomic mass is 35.5. The zero-order chi connectivity index (χ0) is 23.7. The first-order chi connectivity index (χ1) is 15.7. The second kappa shape index (κ2) is 9.63. The van der Waals surface area contributed by atoms with Gasteiger partial charge in [0.15, 0.2) is 0 Å². The average Bonchev–Trinajstić information content (AvgIpc) is 3.39. The van der Waals surface area contributed by atoms with E-state index in [1.54, 1.807) is 49.4 Å². The van der Waals surface area contributed by atoms with E-state index in [2.05, 4.69) is 18.3 Å². The third kappa shape index (κ3) is 5.11. The van der Waals surface area contributed by atoms with Crippen LogP contribution in [0.4, 0.5) is 5.00 Å². The molecule has 0 spiro atoms. The summed E-state index contributed by atoms with van der Waals surface area (Å²) in [6, 6.07) is 12.9. The second-order valence-electron chi connectivity index (χ2n) is 7.84. The number of pyridine rings is 1. The first-order valence-corrected chi connectivity index (χ1v) is 12.6. The number of aryl methyl sites for hydroxylation is 2. The number of halogens is 1. The standard InChI is InChI=1S/C25H23ClN2O3S2/c1-5-16-7-9-22(33-16)21-12-18(17-11-15(26)6-8-20(17)27-21)23(29)28-24-19(10-14(4)32-24)25(30)31-13(2)3/h6-13H,5H2,1-4H3,(H,28,29). The fourth-order valence-corrected chi connectivity index (χ4v) is 5.40. The Labute approximate surface area is 205 Å². The van der Waals surface area contributed by atoms with Gasteiger partial charge in [-0.05, 0) is 69.7 Å². The maximum atomic E-state index is 13.5. The van der Waals surface area contributed by atoms with Crippen LogP contribution in [0.1, 0.15) is 51.2 Å². The van der Waals surface area contributed by atoms with Gasteiger partial charge in [-0.2, -0.15) is 0 Å². The number of benzene rings is 1. The Bertz CT molecular complexity index is 1360. The lowest BCUT2D eigenvalue weighted by Crippen LogP contribution is -2.16. The second-order valence-corrected chi connectivity index (χ2v) is 10.7. The van der Waals surface area contributed by atoms with E-state index in [9.17, 15) is 9.59 Å². The number of amides is 1. The molecule has 0 bridgehead atoms. The molecule has 170 valence electrons. The summed E-state index contributed by atoms with van der Waals surface area (Å²) >= 11 is 9.23. The first-order valence-electron chi connectivity index (χ1n) is 10.6. The molecule has 0 aliphatic rings. The van der Waals surface area contributed by atoms with Gasteiger partial charge in [0.1, 0.15) is 5.00 Å². The number of fused-ring (bicyclic) bond motifs is 1. The molecular formula is C25H23ClN2O3S2. The largest absolute Gasteiger partial charge is 0.459 e. The van der Waals surface area contributed by atoms with Crippen molar-refractivity contribution >= 4 is 62.1 Å². The quantitative estimate of drug-likeness (QED) is 0.282. The predicted octanol–water partition coefficient (Wildman–Crippen LogP) is 7.37. The maximum absolute atomic E-state index is 13.5. The third-order valence-electron chi connectivity index (χ3n) is 4.92. The van der Waals surface area contributed by atoms with Crippen molar-refractivity contribution in [1.82, 2.24) is 4.98 Å². The zero-order valence-electron chi connectivity index (χ0n) is 18.7. The first kappa shape index (κ1) is 23.4. The predicted molar refractivity (Wildman–Crippen MR) is 137 cm³/mol. The Morgan fingerprint density at radius 1 is 1.09 bits per heavy atom. The normalized spacial score (nSPS) is 11.2. The van der Waals surface area contributed by atoms with Gasteiger partial charge < -0.3 is 10.1 Å². The fourth-order valence-electron chi connectivity index (χ4n) is 3.42. The Hall–Kier alpha value is -2.74. The minimum Gasteiger partial charge on any atom is -0.459 e. The van der Waals surface area contributed by atoms with Crippen molar-refractivity contribution < 1.29 is 14.3 Å². The van der Waals surface area contributed by atoms with Crippen LogP contribution in [0.15, 0.2) is 42.5 Å². The maximum Gasteiger partial charge on any atom is 0.341 e. The van der Waals surface area contributed by atoms with Crippen LogP contribution in [0.3, 0.4) is 0 Å². The van der Waals surface area contributed by atoms with Gasteiger partial charge in [-0.25, -0.2) is 9.78 Å². The molecule has 0 aliphatic heterocycles. The zero-order valence-corrected chi connectivity index (χ0v) is 21.1. The summed E-state index contributed by atoms with van der Waals surface area (Å²) in [5.41, 5.74) is 2.19. The van der Waals surface area contributed by atoms with Crippen molar-refractivity contribution in [3.8, 4) is 10.6 Å². The monoisotopic (exact) mass is 498 g/mol. The molecule has 4 rings (SSSR count). The summed E-state index contributed by atoms with van der Waals surface area (Å²) in [7, 11) is 0. The van der Waals surface area contributed by atoms with Crippen molar-refractivity contribution in [3.63, 3.8) is 0 Å². The minimum absolute atomic E-state index is 0.256. The number of esters is 1. The van der Waals surface area contributed by atoms with Gasteiger partial charge in [0.25, 0.3) is 5.91 Å². The molecule has 1 amide bonds. The number of ether oxygens (including phenoxy) is 1. The summed E-state index contributed by atoms with van der Waals surface area (Å²) in [5.74, 6) is -0.794. The molecule has 0 fully saturated rings. The molecule has 8 heteroatoms. The summed E-state index contributed by atoms with van der Waals surface area (Å²) in [4.78, 5) is 33.9. The highest BCUT2D eigenvalue weighted by molar-refractivity contribution is 7.16. The van der Waals surface area contributed by atoms with Crippen molar-refractivity contribution in [2.45, 2.75) is 40.2 Å². The lowest BCUT2D eigenvalue weighted by Gasteiger charge is -2.11. The van der Waals surface area contributed by atoms with Gasteiger partial charge in [0.05, 0.1) is 33.3 Å². The van der Waals surface area contributed by atoms with E-state index in [1.807, 2.05) is 19.1 Å². The van der Waals surface area contributed by atoms with E-state index in [-0.39, 0.29) is 12.0 Å². The summed E-state index contributed by atoms with van der Waals surface area (Å²) in [6.45, 7) is 7.57. The molecule has 33 heavy (non-hydrogen) atoms. The van der Waals surface area contributed by atoms with Crippen LogP contribution in [0, 0.1) is 6.92 Å². The van der Waals surface area contributed by atoms with E-state index in [4.69, 9.17) is 21.3 Å². The molecule has 1 N–H and O–H groups in total. The molecule has 0 saturated heterocycles. The van der Waals surface area contributed by atoms with Gasteiger partial charge >= 0.3 is 5.97 Å². The Morgan fingerprint density at radius 2 is 1.88 bits per heavy atom. The molecule has 0 aliphatic carbocycles. The van der Waals surface area contributed by atoms with Crippen molar-refractivity contribution in [3.05, 3.63) is 68.4 Å². The number of carbonyl (C=O) groups is 2. The van der Waals surface area contributed by atoms with Gasteiger partial charge in [-0.1, -0.05) is 18.5 Å². The smallest absolute Gasteiger partial charge is 0.341 e. The summed E-state index contributed by atoms with van der Waals surface area (Å²) in [6.07, 6.45) is 0.683. The van der Waals surface area contributed by atoms with E-state index in [0.717, 1.165) is 21.9 Å². The fraction of sp³-hybridized carbons (Fsp3) is 0.240. The van der Waals surface area contributed by atoms with Crippen LogP contribution in [0.2, 0.25) is 5.02 Å². The number of aromatic nitrogens is 1. The number of hydrogen-bond acceptors (Lipinski definition) is 6. The Balaban J connectivity index is 1.77. The van der Waals surface area contributed by atoms with Crippen LogP contribution in [0.5, 0.6) is 0 Å². The number of anilines is 1. The molecular weight excluding hydrogens is 476 g/mol. The lowest BCUT2D eigenvalue weighted by molar-refractivity contribution is 0.0379. The number of rotatable bonds is 6. The average molecular weight is 499 g/mol. The van der Waals surface area contributed by atoms with Crippen molar-refractivity contribution in [2.75, 3.05) is 5.32 Å². The van der Waals surface area contributed by atoms with E-state index in [1.165, 1.54) is 16.2 Å². The molecule has 5 nitrogen and oxygen atoms in total. The summed E-state index contributed by atoms with van der Waals surface area (Å²) < 4.78 is 5.34. The highest BCUT2D eigenvalue weighted by Crippen LogP contribution is 2.33. The van der Waals surface area contributed by atoms with Crippen LogP contribution in [0.25, 0.3) is 21.5 Å². The Kier molecular flexibility index (Phi) is 6.83. The third-order valence-corrected chi connectivity index (χ3v) is 7.38. The molecule has 0 saturated carbocycles. The van der Waals surface area contributed by atoms with Gasteiger partial charge in [0, 0.05) is 20.2 Å². The Morgan fingerprint density at radius 3 is 2.58 bits per heavy atom. The van der Waals surface area contributed by atoms with E-state index < -0.39 is 5.97 Å². The molecule has 0 atom stereocenters. The summed E-state index contributed by atoms with van der Waals surface area (Å²) in [5, 5.41) is 4.55. The number of nitrogens with one attached hydrogen (secondary N) is 1. The van der Waals surface area contributed by atoms with Crippen molar-refractivity contribution in [2.24, 2.45) is 0 Å². The van der Waals surface area contributed by atoms with Gasteiger partial charge in [-0.3, -0.25) is 4.79 Å².